The minimum atomic E-state index is 0.158. The third kappa shape index (κ3) is 5.51. The van der Waals surface area contributed by atoms with E-state index in [-0.39, 0.29) is 6.04 Å². The minimum absolute atomic E-state index is 0.158. The lowest BCUT2D eigenvalue weighted by molar-refractivity contribution is -0.125. The standard InChI is InChI=1S/C16H31NO/c1-3-5-7-10-14-11-9-13-17-15(16(14)18)12-8-6-4-2/h14-15,17H,3-13H2,1-2H3. The second-order valence-electron chi connectivity index (χ2n) is 5.74. The summed E-state index contributed by atoms with van der Waals surface area (Å²) in [5.41, 5.74) is 0. The van der Waals surface area contributed by atoms with Crippen LogP contribution in [0.25, 0.3) is 0 Å². The maximum Gasteiger partial charge on any atom is 0.152 e. The van der Waals surface area contributed by atoms with E-state index in [1.165, 1.54) is 44.9 Å². The fourth-order valence-electron chi connectivity index (χ4n) is 2.92. The summed E-state index contributed by atoms with van der Waals surface area (Å²) in [6.45, 7) is 5.48. The lowest BCUT2D eigenvalue weighted by Gasteiger charge is -2.19. The number of rotatable bonds is 8. The molecule has 0 aromatic rings. The highest BCUT2D eigenvalue weighted by atomic mass is 16.1. The summed E-state index contributed by atoms with van der Waals surface area (Å²) in [7, 11) is 0. The molecule has 1 fully saturated rings. The van der Waals surface area contributed by atoms with Crippen molar-refractivity contribution in [1.29, 1.82) is 0 Å². The van der Waals surface area contributed by atoms with E-state index in [1.807, 2.05) is 0 Å². The van der Waals surface area contributed by atoms with Gasteiger partial charge in [0.25, 0.3) is 0 Å². The van der Waals surface area contributed by atoms with Crippen molar-refractivity contribution in [3.63, 3.8) is 0 Å². The smallest absolute Gasteiger partial charge is 0.152 e. The van der Waals surface area contributed by atoms with E-state index in [2.05, 4.69) is 19.2 Å². The molecule has 0 radical (unpaired) electrons. The number of carbonyl (C=O) groups excluding carboxylic acids is 1. The normalized spacial score (nSPS) is 25.1. The molecule has 1 aliphatic rings. The Morgan fingerprint density at radius 3 is 2.39 bits per heavy atom. The van der Waals surface area contributed by atoms with Gasteiger partial charge in [0.2, 0.25) is 0 Å². The topological polar surface area (TPSA) is 29.1 Å². The van der Waals surface area contributed by atoms with Crippen molar-refractivity contribution in [3.8, 4) is 0 Å². The average Bonchev–Trinajstić information content (AvgIpc) is 2.54. The van der Waals surface area contributed by atoms with Gasteiger partial charge in [0.05, 0.1) is 6.04 Å². The molecule has 106 valence electrons. The van der Waals surface area contributed by atoms with Gasteiger partial charge in [0, 0.05) is 5.92 Å². The Hall–Kier alpha value is -0.370. The summed E-state index contributed by atoms with van der Waals surface area (Å²) in [6.07, 6.45) is 11.9. The highest BCUT2D eigenvalue weighted by Gasteiger charge is 2.27. The number of carbonyl (C=O) groups is 1. The van der Waals surface area contributed by atoms with Gasteiger partial charge in [-0.05, 0) is 32.2 Å². The highest BCUT2D eigenvalue weighted by molar-refractivity contribution is 5.86. The van der Waals surface area contributed by atoms with Crippen molar-refractivity contribution in [2.45, 2.75) is 84.1 Å². The van der Waals surface area contributed by atoms with Gasteiger partial charge in [0.1, 0.15) is 0 Å². The van der Waals surface area contributed by atoms with E-state index in [0.717, 1.165) is 25.8 Å². The van der Waals surface area contributed by atoms with Crippen LogP contribution < -0.4 is 5.32 Å². The second-order valence-corrected chi connectivity index (χ2v) is 5.74. The van der Waals surface area contributed by atoms with Crippen LogP contribution in [0, 0.1) is 5.92 Å². The summed E-state index contributed by atoms with van der Waals surface area (Å²) >= 11 is 0. The molecule has 1 heterocycles. The van der Waals surface area contributed by atoms with E-state index in [1.54, 1.807) is 0 Å². The molecule has 1 saturated heterocycles. The molecule has 2 unspecified atom stereocenters. The average molecular weight is 253 g/mol. The molecule has 1 N–H and O–H groups in total. The fraction of sp³-hybridized carbons (Fsp3) is 0.938. The Labute approximate surface area is 113 Å². The predicted octanol–water partition coefficient (Wildman–Crippen LogP) is 4.08. The molecule has 0 saturated carbocycles. The molecule has 0 amide bonds. The molecule has 18 heavy (non-hydrogen) atoms. The van der Waals surface area contributed by atoms with Crippen LogP contribution in [0.15, 0.2) is 0 Å². The Bertz CT molecular complexity index is 205. The zero-order chi connectivity index (χ0) is 13.2. The number of unbranched alkanes of at least 4 members (excludes halogenated alkanes) is 4. The first kappa shape index (κ1) is 15.7. The third-order valence-corrected chi connectivity index (χ3v) is 4.12. The van der Waals surface area contributed by atoms with Crippen molar-refractivity contribution in [1.82, 2.24) is 5.32 Å². The van der Waals surface area contributed by atoms with E-state index >= 15 is 0 Å². The van der Waals surface area contributed by atoms with Gasteiger partial charge >= 0.3 is 0 Å². The van der Waals surface area contributed by atoms with Crippen molar-refractivity contribution < 1.29 is 4.79 Å². The van der Waals surface area contributed by atoms with Gasteiger partial charge in [-0.25, -0.2) is 0 Å². The van der Waals surface area contributed by atoms with Crippen molar-refractivity contribution >= 4 is 5.78 Å². The molecule has 0 aromatic carbocycles. The molecular weight excluding hydrogens is 222 g/mol. The Morgan fingerprint density at radius 2 is 1.72 bits per heavy atom. The quantitative estimate of drug-likeness (QED) is 0.660. The Morgan fingerprint density at radius 1 is 1.06 bits per heavy atom. The van der Waals surface area contributed by atoms with Crippen LogP contribution in [-0.4, -0.2) is 18.4 Å². The summed E-state index contributed by atoms with van der Waals surface area (Å²) in [5, 5.41) is 3.46. The van der Waals surface area contributed by atoms with Gasteiger partial charge < -0.3 is 5.32 Å². The number of ketones is 1. The van der Waals surface area contributed by atoms with Crippen LogP contribution in [0.1, 0.15) is 78.1 Å². The number of Topliss-reactive ketones (excluding diaryl/α,β-unsaturated/α-hetero) is 1. The Balaban J connectivity index is 2.39. The van der Waals surface area contributed by atoms with Gasteiger partial charge in [-0.15, -0.1) is 0 Å². The van der Waals surface area contributed by atoms with Gasteiger partial charge in [-0.2, -0.15) is 0 Å². The zero-order valence-electron chi connectivity index (χ0n) is 12.3. The molecule has 2 atom stereocenters. The summed E-state index contributed by atoms with van der Waals surface area (Å²) < 4.78 is 0. The van der Waals surface area contributed by atoms with E-state index in [4.69, 9.17) is 0 Å². The van der Waals surface area contributed by atoms with E-state index in [0.29, 0.717) is 11.7 Å². The minimum Gasteiger partial charge on any atom is -0.307 e. The third-order valence-electron chi connectivity index (χ3n) is 4.12. The first-order valence-corrected chi connectivity index (χ1v) is 8.06. The Kier molecular flexibility index (Phi) is 8.32. The van der Waals surface area contributed by atoms with Crippen LogP contribution >= 0.6 is 0 Å². The molecular formula is C16H31NO. The molecule has 0 bridgehead atoms. The summed E-state index contributed by atoms with van der Waals surface area (Å²) in [4.78, 5) is 12.5. The maximum atomic E-state index is 12.5. The molecule has 2 nitrogen and oxygen atoms in total. The van der Waals surface area contributed by atoms with Crippen LogP contribution in [-0.2, 0) is 4.79 Å². The number of hydrogen-bond donors (Lipinski definition) is 1. The van der Waals surface area contributed by atoms with Crippen molar-refractivity contribution in [2.24, 2.45) is 5.92 Å². The maximum absolute atomic E-state index is 12.5. The van der Waals surface area contributed by atoms with Crippen LogP contribution in [0.3, 0.4) is 0 Å². The van der Waals surface area contributed by atoms with E-state index < -0.39 is 0 Å². The monoisotopic (exact) mass is 253 g/mol. The van der Waals surface area contributed by atoms with Crippen LogP contribution in [0.4, 0.5) is 0 Å². The lowest BCUT2D eigenvalue weighted by Crippen LogP contribution is -2.38. The second kappa shape index (κ2) is 9.55. The first-order valence-electron chi connectivity index (χ1n) is 8.06. The van der Waals surface area contributed by atoms with Gasteiger partial charge in [-0.3, -0.25) is 4.79 Å². The first-order chi connectivity index (χ1) is 8.79. The molecule has 1 aliphatic heterocycles. The number of nitrogens with one attached hydrogen (secondary N) is 1. The number of hydrogen-bond acceptors (Lipinski definition) is 2. The largest absolute Gasteiger partial charge is 0.307 e. The van der Waals surface area contributed by atoms with Crippen molar-refractivity contribution in [3.05, 3.63) is 0 Å². The molecule has 0 aliphatic carbocycles. The van der Waals surface area contributed by atoms with Gasteiger partial charge in [-0.1, -0.05) is 52.4 Å². The molecule has 2 heteroatoms. The SMILES string of the molecule is CCCCCC1CCCNC(CCCCC)C1=O. The van der Waals surface area contributed by atoms with Crippen molar-refractivity contribution in [2.75, 3.05) is 6.54 Å². The highest BCUT2D eigenvalue weighted by Crippen LogP contribution is 2.22. The summed E-state index contributed by atoms with van der Waals surface area (Å²) in [5.74, 6) is 0.859. The van der Waals surface area contributed by atoms with Crippen LogP contribution in [0.2, 0.25) is 0 Å². The predicted molar refractivity (Wildman–Crippen MR) is 77.8 cm³/mol. The van der Waals surface area contributed by atoms with Crippen LogP contribution in [0.5, 0.6) is 0 Å². The van der Waals surface area contributed by atoms with E-state index in [9.17, 15) is 4.79 Å². The zero-order valence-corrected chi connectivity index (χ0v) is 12.3. The fourth-order valence-corrected chi connectivity index (χ4v) is 2.92. The lowest BCUT2D eigenvalue weighted by atomic mass is 9.88. The molecule has 1 rings (SSSR count). The van der Waals surface area contributed by atoms with Gasteiger partial charge in [0.15, 0.2) is 5.78 Å². The summed E-state index contributed by atoms with van der Waals surface area (Å²) in [6, 6.07) is 0.158. The molecule has 0 spiro atoms. The molecule has 0 aromatic heterocycles.